The standard InChI is InChI=1S/C23H31BrOSi/c1-23(2,3)26(21-10-6-4-7-11-21,22-12-8-5-9-13-22)25-20-16-14-19(18-24)15-17-20/h4-13,19-20H,14-18H2,1-3H3/t19-,20+. The molecule has 2 aromatic rings. The van der Waals surface area contributed by atoms with Gasteiger partial charge in [0.2, 0.25) is 0 Å². The quantitative estimate of drug-likeness (QED) is 0.448. The van der Waals surface area contributed by atoms with Gasteiger partial charge in [0.1, 0.15) is 0 Å². The second kappa shape index (κ2) is 8.41. The fourth-order valence-corrected chi connectivity index (χ4v) is 9.74. The lowest BCUT2D eigenvalue weighted by Crippen LogP contribution is -2.67. The van der Waals surface area contributed by atoms with E-state index in [2.05, 4.69) is 97.4 Å². The molecular weight excluding hydrogens is 400 g/mol. The van der Waals surface area contributed by atoms with Crippen molar-refractivity contribution < 1.29 is 4.43 Å². The van der Waals surface area contributed by atoms with E-state index in [0.717, 1.165) is 11.2 Å². The maximum absolute atomic E-state index is 7.23. The lowest BCUT2D eigenvalue weighted by molar-refractivity contribution is 0.126. The average molecular weight is 431 g/mol. The molecule has 26 heavy (non-hydrogen) atoms. The van der Waals surface area contributed by atoms with Gasteiger partial charge in [0.15, 0.2) is 0 Å². The van der Waals surface area contributed by atoms with Gasteiger partial charge in [-0.05, 0) is 47.0 Å². The van der Waals surface area contributed by atoms with E-state index in [1.165, 1.54) is 36.1 Å². The highest BCUT2D eigenvalue weighted by molar-refractivity contribution is 9.09. The smallest absolute Gasteiger partial charge is 0.261 e. The largest absolute Gasteiger partial charge is 0.404 e. The van der Waals surface area contributed by atoms with Crippen molar-refractivity contribution in [3.05, 3.63) is 60.7 Å². The Morgan fingerprint density at radius 3 is 1.69 bits per heavy atom. The summed E-state index contributed by atoms with van der Waals surface area (Å²) in [5, 5.41) is 3.98. The molecule has 0 N–H and O–H groups in total. The number of halogens is 1. The van der Waals surface area contributed by atoms with Crippen LogP contribution < -0.4 is 10.4 Å². The highest BCUT2D eigenvalue weighted by Crippen LogP contribution is 2.39. The Kier molecular flexibility index (Phi) is 6.42. The fraction of sp³-hybridized carbons (Fsp3) is 0.478. The zero-order valence-corrected chi connectivity index (χ0v) is 18.8. The Balaban J connectivity index is 2.04. The molecule has 0 heterocycles. The fourth-order valence-electron chi connectivity index (χ4n) is 4.35. The summed E-state index contributed by atoms with van der Waals surface area (Å²) < 4.78 is 7.23. The monoisotopic (exact) mass is 430 g/mol. The second-order valence-electron chi connectivity index (χ2n) is 8.58. The Morgan fingerprint density at radius 2 is 1.31 bits per heavy atom. The van der Waals surface area contributed by atoms with Crippen LogP contribution >= 0.6 is 15.9 Å². The van der Waals surface area contributed by atoms with Crippen LogP contribution in [0.15, 0.2) is 60.7 Å². The zero-order valence-electron chi connectivity index (χ0n) is 16.2. The van der Waals surface area contributed by atoms with Crippen molar-refractivity contribution >= 4 is 34.6 Å². The van der Waals surface area contributed by atoms with Crippen LogP contribution in [0, 0.1) is 5.92 Å². The summed E-state index contributed by atoms with van der Waals surface area (Å²) in [5.74, 6) is 0.814. The van der Waals surface area contributed by atoms with Crippen molar-refractivity contribution in [2.24, 2.45) is 5.92 Å². The second-order valence-corrected chi connectivity index (χ2v) is 13.5. The molecule has 2 aromatic carbocycles. The predicted octanol–water partition coefficient (Wildman–Crippen LogP) is 5.52. The van der Waals surface area contributed by atoms with Gasteiger partial charge in [-0.3, -0.25) is 0 Å². The van der Waals surface area contributed by atoms with E-state index in [-0.39, 0.29) is 5.04 Å². The van der Waals surface area contributed by atoms with Gasteiger partial charge < -0.3 is 4.43 Å². The van der Waals surface area contributed by atoms with E-state index < -0.39 is 8.32 Å². The average Bonchev–Trinajstić information content (AvgIpc) is 2.67. The summed E-state index contributed by atoms with van der Waals surface area (Å²) in [6.07, 6.45) is 5.28. The van der Waals surface area contributed by atoms with Crippen molar-refractivity contribution in [1.82, 2.24) is 0 Å². The molecule has 0 spiro atoms. The van der Waals surface area contributed by atoms with Gasteiger partial charge in [0, 0.05) is 11.4 Å². The maximum atomic E-state index is 7.23. The first-order valence-corrected chi connectivity index (χ1v) is 12.8. The highest BCUT2D eigenvalue weighted by Gasteiger charge is 2.51. The molecule has 1 fully saturated rings. The third-order valence-electron chi connectivity index (χ3n) is 5.77. The number of benzene rings is 2. The minimum absolute atomic E-state index is 0.0714. The third kappa shape index (κ3) is 4.00. The Bertz CT molecular complexity index is 633. The van der Waals surface area contributed by atoms with Gasteiger partial charge in [-0.25, -0.2) is 0 Å². The van der Waals surface area contributed by atoms with Crippen LogP contribution in [0.5, 0.6) is 0 Å². The van der Waals surface area contributed by atoms with Crippen molar-refractivity contribution in [3.8, 4) is 0 Å². The zero-order chi connectivity index (χ0) is 18.6. The summed E-state index contributed by atoms with van der Waals surface area (Å²) >= 11 is 3.67. The van der Waals surface area contributed by atoms with Gasteiger partial charge in [-0.15, -0.1) is 0 Å². The first-order valence-electron chi connectivity index (χ1n) is 9.82. The molecule has 3 rings (SSSR count). The molecule has 0 radical (unpaired) electrons. The molecule has 3 heteroatoms. The summed E-state index contributed by atoms with van der Waals surface area (Å²) in [6.45, 7) is 7.09. The molecular formula is C23H31BrOSi. The molecule has 0 aromatic heterocycles. The molecule has 1 nitrogen and oxygen atoms in total. The molecule has 0 unspecified atom stereocenters. The first kappa shape index (κ1) is 19.8. The number of alkyl halides is 1. The number of hydrogen-bond donors (Lipinski definition) is 0. The Labute approximate surface area is 168 Å². The SMILES string of the molecule is CC(C)(C)[Si](O[C@H]1CC[C@@H](CBr)CC1)(c1ccccc1)c1ccccc1. The van der Waals surface area contributed by atoms with Crippen molar-refractivity contribution in [2.75, 3.05) is 5.33 Å². The normalized spacial score (nSPS) is 21.5. The third-order valence-corrected chi connectivity index (χ3v) is 11.8. The maximum Gasteiger partial charge on any atom is 0.261 e. The van der Waals surface area contributed by atoms with Crippen LogP contribution in [-0.4, -0.2) is 19.8 Å². The van der Waals surface area contributed by atoms with Gasteiger partial charge in [-0.1, -0.05) is 97.4 Å². The first-order chi connectivity index (χ1) is 12.5. The molecule has 1 aliphatic carbocycles. The van der Waals surface area contributed by atoms with Gasteiger partial charge >= 0.3 is 0 Å². The van der Waals surface area contributed by atoms with Crippen molar-refractivity contribution in [1.29, 1.82) is 0 Å². The van der Waals surface area contributed by atoms with Crippen LogP contribution in [0.25, 0.3) is 0 Å². The predicted molar refractivity (Wildman–Crippen MR) is 118 cm³/mol. The summed E-state index contributed by atoms with van der Waals surface area (Å²) in [6, 6.07) is 22.0. The van der Waals surface area contributed by atoms with E-state index in [1.807, 2.05) is 0 Å². The highest BCUT2D eigenvalue weighted by atomic mass is 79.9. The molecule has 0 saturated heterocycles. The van der Waals surface area contributed by atoms with Crippen molar-refractivity contribution in [2.45, 2.75) is 57.6 Å². The minimum Gasteiger partial charge on any atom is -0.404 e. The van der Waals surface area contributed by atoms with Gasteiger partial charge in [0.05, 0.1) is 0 Å². The van der Waals surface area contributed by atoms with Crippen LogP contribution in [0.1, 0.15) is 46.5 Å². The molecule has 0 bridgehead atoms. The van der Waals surface area contributed by atoms with Gasteiger partial charge in [0.25, 0.3) is 8.32 Å². The molecule has 0 atom stereocenters. The van der Waals surface area contributed by atoms with Crippen LogP contribution in [0.2, 0.25) is 5.04 Å². The topological polar surface area (TPSA) is 9.23 Å². The van der Waals surface area contributed by atoms with E-state index in [1.54, 1.807) is 0 Å². The molecule has 0 amide bonds. The van der Waals surface area contributed by atoms with E-state index in [0.29, 0.717) is 6.10 Å². The Morgan fingerprint density at radius 1 is 0.846 bits per heavy atom. The van der Waals surface area contributed by atoms with E-state index in [9.17, 15) is 0 Å². The lowest BCUT2D eigenvalue weighted by Gasteiger charge is -2.46. The number of rotatable bonds is 5. The van der Waals surface area contributed by atoms with E-state index in [4.69, 9.17) is 4.43 Å². The molecule has 1 saturated carbocycles. The summed E-state index contributed by atoms with van der Waals surface area (Å²) in [5.41, 5.74) is 0. The van der Waals surface area contributed by atoms with Crippen LogP contribution in [-0.2, 0) is 4.43 Å². The minimum atomic E-state index is -2.38. The molecule has 0 aliphatic heterocycles. The summed E-state index contributed by atoms with van der Waals surface area (Å²) in [7, 11) is -2.38. The molecule has 1 aliphatic rings. The van der Waals surface area contributed by atoms with Gasteiger partial charge in [-0.2, -0.15) is 0 Å². The van der Waals surface area contributed by atoms with E-state index >= 15 is 0 Å². The molecule has 140 valence electrons. The van der Waals surface area contributed by atoms with Crippen molar-refractivity contribution in [3.63, 3.8) is 0 Å². The van der Waals surface area contributed by atoms with Crippen LogP contribution in [0.3, 0.4) is 0 Å². The van der Waals surface area contributed by atoms with Crippen LogP contribution in [0.4, 0.5) is 0 Å². The summed E-state index contributed by atoms with van der Waals surface area (Å²) in [4.78, 5) is 0. The number of hydrogen-bond acceptors (Lipinski definition) is 1. The lowest BCUT2D eigenvalue weighted by atomic mass is 9.89. The Hall–Kier alpha value is -0.903.